The van der Waals surface area contributed by atoms with Crippen LogP contribution in [-0.2, 0) is 4.79 Å². The van der Waals surface area contributed by atoms with Crippen molar-refractivity contribution in [3.8, 4) is 0 Å². The van der Waals surface area contributed by atoms with E-state index in [1.54, 1.807) is 0 Å². The molecule has 1 amide bonds. The molecule has 1 saturated carbocycles. The van der Waals surface area contributed by atoms with Gasteiger partial charge in [-0.25, -0.2) is 0 Å². The maximum atomic E-state index is 11.6. The van der Waals surface area contributed by atoms with Crippen LogP contribution in [0.2, 0.25) is 0 Å². The van der Waals surface area contributed by atoms with E-state index in [4.69, 9.17) is 0 Å². The fourth-order valence-electron chi connectivity index (χ4n) is 2.49. The van der Waals surface area contributed by atoms with E-state index in [2.05, 4.69) is 17.6 Å². The fraction of sp³-hybridized carbons (Fsp3) is 0.929. The third kappa shape index (κ3) is 8.76. The van der Waals surface area contributed by atoms with Gasteiger partial charge in [0.15, 0.2) is 0 Å². The quantitative estimate of drug-likeness (QED) is 0.670. The van der Waals surface area contributed by atoms with E-state index in [0.29, 0.717) is 0 Å². The van der Waals surface area contributed by atoms with Gasteiger partial charge in [0.05, 0.1) is 0 Å². The second kappa shape index (κ2) is 11.8. The van der Waals surface area contributed by atoms with Crippen LogP contribution < -0.4 is 10.6 Å². The zero-order chi connectivity index (χ0) is 12.3. The Morgan fingerprint density at radius 1 is 1.11 bits per heavy atom. The second-order valence-electron chi connectivity index (χ2n) is 5.14. The van der Waals surface area contributed by atoms with Gasteiger partial charge >= 0.3 is 0 Å². The molecular weight excluding hydrogens is 248 g/mol. The van der Waals surface area contributed by atoms with E-state index in [9.17, 15) is 4.79 Å². The minimum Gasteiger partial charge on any atom is -0.355 e. The summed E-state index contributed by atoms with van der Waals surface area (Å²) < 4.78 is 0. The molecule has 0 aliphatic heterocycles. The number of halogens is 1. The summed E-state index contributed by atoms with van der Waals surface area (Å²) in [6.45, 7) is 4.85. The molecule has 0 aromatic heterocycles. The van der Waals surface area contributed by atoms with Gasteiger partial charge in [0.25, 0.3) is 0 Å². The lowest BCUT2D eigenvalue weighted by Gasteiger charge is -2.20. The van der Waals surface area contributed by atoms with E-state index in [0.717, 1.165) is 44.8 Å². The van der Waals surface area contributed by atoms with Crippen LogP contribution in [0.1, 0.15) is 58.3 Å². The van der Waals surface area contributed by atoms with Crippen LogP contribution >= 0.6 is 12.4 Å². The van der Waals surface area contributed by atoms with Crippen molar-refractivity contribution in [2.24, 2.45) is 5.92 Å². The summed E-state index contributed by atoms with van der Waals surface area (Å²) in [7, 11) is 0. The predicted molar refractivity (Wildman–Crippen MR) is 79.2 cm³/mol. The Hall–Kier alpha value is -0.280. The molecule has 0 saturated heterocycles. The Bertz CT molecular complexity index is 206. The van der Waals surface area contributed by atoms with Crippen LogP contribution in [0.25, 0.3) is 0 Å². The maximum absolute atomic E-state index is 11.6. The largest absolute Gasteiger partial charge is 0.355 e. The van der Waals surface area contributed by atoms with Crippen molar-refractivity contribution in [2.75, 3.05) is 19.6 Å². The van der Waals surface area contributed by atoms with Gasteiger partial charge in [0.2, 0.25) is 5.91 Å². The summed E-state index contributed by atoms with van der Waals surface area (Å²) in [5, 5.41) is 6.26. The van der Waals surface area contributed by atoms with E-state index < -0.39 is 0 Å². The topological polar surface area (TPSA) is 41.1 Å². The van der Waals surface area contributed by atoms with Crippen molar-refractivity contribution < 1.29 is 4.79 Å². The first-order valence-electron chi connectivity index (χ1n) is 7.30. The summed E-state index contributed by atoms with van der Waals surface area (Å²) in [5.74, 6) is 1.04. The molecule has 0 spiro atoms. The van der Waals surface area contributed by atoms with E-state index in [1.165, 1.54) is 32.1 Å². The molecule has 2 N–H and O–H groups in total. The first-order chi connectivity index (χ1) is 8.33. The SMILES string of the molecule is CCCNCCNC(=O)CCC1CCCCC1.Cl. The fourth-order valence-corrected chi connectivity index (χ4v) is 2.49. The molecule has 1 fully saturated rings. The van der Waals surface area contributed by atoms with Crippen LogP contribution in [0.3, 0.4) is 0 Å². The molecule has 0 aromatic rings. The Kier molecular flexibility index (Phi) is 11.6. The predicted octanol–water partition coefficient (Wildman–Crippen LogP) is 2.88. The van der Waals surface area contributed by atoms with E-state index in [1.807, 2.05) is 0 Å². The average Bonchev–Trinajstić information content (AvgIpc) is 2.37. The maximum Gasteiger partial charge on any atom is 0.220 e. The minimum absolute atomic E-state index is 0. The lowest BCUT2D eigenvalue weighted by molar-refractivity contribution is -0.121. The van der Waals surface area contributed by atoms with Gasteiger partial charge in [0, 0.05) is 19.5 Å². The molecule has 4 heteroatoms. The first-order valence-corrected chi connectivity index (χ1v) is 7.30. The van der Waals surface area contributed by atoms with Crippen LogP contribution in [0.4, 0.5) is 0 Å². The molecular formula is C14H29ClN2O. The highest BCUT2D eigenvalue weighted by atomic mass is 35.5. The highest BCUT2D eigenvalue weighted by molar-refractivity contribution is 5.85. The van der Waals surface area contributed by atoms with Crippen LogP contribution in [0, 0.1) is 5.92 Å². The molecule has 18 heavy (non-hydrogen) atoms. The summed E-state index contributed by atoms with van der Waals surface area (Å²) in [6, 6.07) is 0. The minimum atomic E-state index is 0. The van der Waals surface area contributed by atoms with E-state index in [-0.39, 0.29) is 18.3 Å². The zero-order valence-corrected chi connectivity index (χ0v) is 12.5. The van der Waals surface area contributed by atoms with Crippen molar-refractivity contribution in [1.29, 1.82) is 0 Å². The smallest absolute Gasteiger partial charge is 0.220 e. The third-order valence-electron chi connectivity index (χ3n) is 3.56. The number of carbonyl (C=O) groups is 1. The van der Waals surface area contributed by atoms with Crippen LogP contribution in [0.15, 0.2) is 0 Å². The molecule has 0 radical (unpaired) electrons. The number of carbonyl (C=O) groups excluding carboxylic acids is 1. The lowest BCUT2D eigenvalue weighted by atomic mass is 9.86. The molecule has 0 unspecified atom stereocenters. The van der Waals surface area contributed by atoms with E-state index >= 15 is 0 Å². The van der Waals surface area contributed by atoms with Gasteiger partial charge in [0.1, 0.15) is 0 Å². The van der Waals surface area contributed by atoms with Crippen molar-refractivity contribution in [3.05, 3.63) is 0 Å². The number of nitrogens with one attached hydrogen (secondary N) is 2. The molecule has 0 aromatic carbocycles. The number of amides is 1. The first kappa shape index (κ1) is 17.7. The van der Waals surface area contributed by atoms with Gasteiger partial charge in [-0.15, -0.1) is 12.4 Å². The van der Waals surface area contributed by atoms with Gasteiger partial charge in [-0.05, 0) is 25.3 Å². The average molecular weight is 277 g/mol. The highest BCUT2D eigenvalue weighted by Gasteiger charge is 2.14. The van der Waals surface area contributed by atoms with Gasteiger partial charge in [-0.3, -0.25) is 4.79 Å². The van der Waals surface area contributed by atoms with Gasteiger partial charge in [-0.2, -0.15) is 0 Å². The van der Waals surface area contributed by atoms with Crippen LogP contribution in [0.5, 0.6) is 0 Å². The molecule has 1 aliphatic rings. The zero-order valence-electron chi connectivity index (χ0n) is 11.7. The van der Waals surface area contributed by atoms with Crippen LogP contribution in [-0.4, -0.2) is 25.5 Å². The standard InChI is InChI=1S/C14H28N2O.ClH/c1-2-10-15-11-12-16-14(17)9-8-13-6-4-3-5-7-13;/h13,15H,2-12H2,1H3,(H,16,17);1H. The Labute approximate surface area is 118 Å². The molecule has 108 valence electrons. The number of rotatable bonds is 8. The Morgan fingerprint density at radius 2 is 1.83 bits per heavy atom. The summed E-state index contributed by atoms with van der Waals surface area (Å²) >= 11 is 0. The van der Waals surface area contributed by atoms with Gasteiger partial charge < -0.3 is 10.6 Å². The van der Waals surface area contributed by atoms with Crippen molar-refractivity contribution in [2.45, 2.75) is 58.3 Å². The molecule has 0 atom stereocenters. The molecule has 1 aliphatic carbocycles. The Morgan fingerprint density at radius 3 is 2.50 bits per heavy atom. The number of hydrogen-bond donors (Lipinski definition) is 2. The molecule has 3 nitrogen and oxygen atoms in total. The summed E-state index contributed by atoms with van der Waals surface area (Å²) in [5.41, 5.74) is 0. The Balaban J connectivity index is 0.00000289. The molecule has 1 rings (SSSR count). The summed E-state index contributed by atoms with van der Waals surface area (Å²) in [4.78, 5) is 11.6. The van der Waals surface area contributed by atoms with Crippen molar-refractivity contribution in [3.63, 3.8) is 0 Å². The highest BCUT2D eigenvalue weighted by Crippen LogP contribution is 2.26. The number of hydrogen-bond acceptors (Lipinski definition) is 2. The van der Waals surface area contributed by atoms with Crippen molar-refractivity contribution in [1.82, 2.24) is 10.6 Å². The monoisotopic (exact) mass is 276 g/mol. The van der Waals surface area contributed by atoms with Crippen molar-refractivity contribution >= 4 is 18.3 Å². The lowest BCUT2D eigenvalue weighted by Crippen LogP contribution is -2.32. The second-order valence-corrected chi connectivity index (χ2v) is 5.14. The van der Waals surface area contributed by atoms with Gasteiger partial charge in [-0.1, -0.05) is 39.0 Å². The normalized spacial score (nSPS) is 16.1. The molecule has 0 heterocycles. The summed E-state index contributed by atoms with van der Waals surface area (Å²) in [6.07, 6.45) is 9.77. The molecule has 0 bridgehead atoms. The third-order valence-corrected chi connectivity index (χ3v) is 3.56.